The summed E-state index contributed by atoms with van der Waals surface area (Å²) in [5.41, 5.74) is 1.15. The van der Waals surface area contributed by atoms with Crippen LogP contribution in [0.15, 0.2) is 35.8 Å². The third-order valence-electron chi connectivity index (χ3n) is 2.47. The highest BCUT2D eigenvalue weighted by Gasteiger charge is 1.98. The summed E-state index contributed by atoms with van der Waals surface area (Å²) in [7, 11) is 0. The van der Waals surface area contributed by atoms with Crippen LogP contribution in [0.1, 0.15) is 23.8 Å². The van der Waals surface area contributed by atoms with Gasteiger partial charge in [0.1, 0.15) is 5.82 Å². The SMILES string of the molecule is CCCNc1cc(COCc2cccs2)ccn1. The minimum absolute atomic E-state index is 0.626. The predicted molar refractivity (Wildman–Crippen MR) is 75.8 cm³/mol. The summed E-state index contributed by atoms with van der Waals surface area (Å²) >= 11 is 1.72. The van der Waals surface area contributed by atoms with Crippen LogP contribution in [0, 0.1) is 0 Å². The van der Waals surface area contributed by atoms with Crippen molar-refractivity contribution in [3.8, 4) is 0 Å². The van der Waals surface area contributed by atoms with E-state index in [4.69, 9.17) is 4.74 Å². The Balaban J connectivity index is 1.81. The molecule has 2 aromatic heterocycles. The van der Waals surface area contributed by atoms with Crippen LogP contribution in [0.3, 0.4) is 0 Å². The summed E-state index contributed by atoms with van der Waals surface area (Å²) in [5.74, 6) is 0.925. The summed E-state index contributed by atoms with van der Waals surface area (Å²) in [6.07, 6.45) is 2.92. The van der Waals surface area contributed by atoms with Crippen molar-refractivity contribution in [2.45, 2.75) is 26.6 Å². The first-order valence-electron chi connectivity index (χ1n) is 6.17. The summed E-state index contributed by atoms with van der Waals surface area (Å²) in [6.45, 7) is 4.40. The van der Waals surface area contributed by atoms with Crippen molar-refractivity contribution in [3.05, 3.63) is 46.3 Å². The zero-order valence-electron chi connectivity index (χ0n) is 10.6. The molecule has 0 fully saturated rings. The zero-order valence-corrected chi connectivity index (χ0v) is 11.4. The smallest absolute Gasteiger partial charge is 0.126 e. The second-order valence-electron chi connectivity index (χ2n) is 4.05. The number of nitrogens with one attached hydrogen (secondary N) is 1. The van der Waals surface area contributed by atoms with Gasteiger partial charge >= 0.3 is 0 Å². The third-order valence-corrected chi connectivity index (χ3v) is 3.32. The van der Waals surface area contributed by atoms with Crippen molar-refractivity contribution in [2.75, 3.05) is 11.9 Å². The lowest BCUT2D eigenvalue weighted by molar-refractivity contribution is 0.109. The van der Waals surface area contributed by atoms with E-state index in [1.807, 2.05) is 24.4 Å². The van der Waals surface area contributed by atoms with Crippen molar-refractivity contribution in [3.63, 3.8) is 0 Å². The molecule has 0 saturated carbocycles. The molecule has 0 aliphatic heterocycles. The largest absolute Gasteiger partial charge is 0.371 e. The number of ether oxygens (including phenoxy) is 1. The van der Waals surface area contributed by atoms with E-state index in [0.717, 1.165) is 24.3 Å². The summed E-state index contributed by atoms with van der Waals surface area (Å²) in [6, 6.07) is 8.17. The van der Waals surface area contributed by atoms with Crippen LogP contribution < -0.4 is 5.32 Å². The number of hydrogen-bond acceptors (Lipinski definition) is 4. The van der Waals surface area contributed by atoms with Gasteiger partial charge in [-0.3, -0.25) is 0 Å². The Morgan fingerprint density at radius 1 is 1.33 bits per heavy atom. The summed E-state index contributed by atoms with van der Waals surface area (Å²) in [5, 5.41) is 5.34. The van der Waals surface area contributed by atoms with E-state index in [9.17, 15) is 0 Å². The third kappa shape index (κ3) is 4.13. The quantitative estimate of drug-likeness (QED) is 0.826. The molecule has 0 aliphatic carbocycles. The summed E-state index contributed by atoms with van der Waals surface area (Å²) in [4.78, 5) is 5.53. The normalized spacial score (nSPS) is 10.5. The molecule has 1 N–H and O–H groups in total. The van der Waals surface area contributed by atoms with Crippen molar-refractivity contribution >= 4 is 17.2 Å². The van der Waals surface area contributed by atoms with Crippen LogP contribution in [0.2, 0.25) is 0 Å². The molecule has 4 heteroatoms. The molecule has 18 heavy (non-hydrogen) atoms. The monoisotopic (exact) mass is 262 g/mol. The molecule has 0 amide bonds. The molecule has 0 radical (unpaired) electrons. The van der Waals surface area contributed by atoms with Crippen molar-refractivity contribution in [1.82, 2.24) is 4.98 Å². The van der Waals surface area contributed by atoms with Gasteiger partial charge in [0.2, 0.25) is 0 Å². The first kappa shape index (κ1) is 13.1. The number of hydrogen-bond donors (Lipinski definition) is 1. The molecule has 0 aromatic carbocycles. The molecule has 2 aromatic rings. The van der Waals surface area contributed by atoms with Gasteiger partial charge in [-0.05, 0) is 35.6 Å². The molecule has 0 spiro atoms. The minimum atomic E-state index is 0.626. The van der Waals surface area contributed by atoms with E-state index in [2.05, 4.69) is 28.7 Å². The standard InChI is InChI=1S/C14H18N2OS/c1-2-6-15-14-9-12(5-7-16-14)10-17-11-13-4-3-8-18-13/h3-5,7-9H,2,6,10-11H2,1H3,(H,15,16). The molecule has 0 unspecified atom stereocenters. The Labute approximate surface area is 112 Å². The second kappa shape index (κ2) is 7.13. The maximum atomic E-state index is 5.68. The Morgan fingerprint density at radius 2 is 2.28 bits per heavy atom. The molecule has 0 aliphatic rings. The maximum absolute atomic E-state index is 5.68. The Bertz CT molecular complexity index is 457. The Kier molecular flexibility index (Phi) is 5.17. The Morgan fingerprint density at radius 3 is 3.06 bits per heavy atom. The second-order valence-corrected chi connectivity index (χ2v) is 5.08. The average Bonchev–Trinajstić information content (AvgIpc) is 2.90. The molecule has 0 saturated heterocycles. The predicted octanol–water partition coefficient (Wildman–Crippen LogP) is 3.68. The number of aromatic nitrogens is 1. The van der Waals surface area contributed by atoms with Gasteiger partial charge in [0.05, 0.1) is 13.2 Å². The van der Waals surface area contributed by atoms with Crippen molar-refractivity contribution < 1.29 is 4.74 Å². The maximum Gasteiger partial charge on any atom is 0.126 e. The lowest BCUT2D eigenvalue weighted by atomic mass is 10.3. The van der Waals surface area contributed by atoms with Gasteiger partial charge in [0.25, 0.3) is 0 Å². The van der Waals surface area contributed by atoms with Gasteiger partial charge in [-0.25, -0.2) is 4.98 Å². The first-order chi connectivity index (χ1) is 8.88. The highest BCUT2D eigenvalue weighted by molar-refractivity contribution is 7.09. The highest BCUT2D eigenvalue weighted by atomic mass is 32.1. The van der Waals surface area contributed by atoms with Crippen LogP contribution in [0.5, 0.6) is 0 Å². The van der Waals surface area contributed by atoms with Crippen molar-refractivity contribution in [2.24, 2.45) is 0 Å². The molecule has 3 nitrogen and oxygen atoms in total. The molecule has 0 bridgehead atoms. The van der Waals surface area contributed by atoms with Gasteiger partial charge in [0.15, 0.2) is 0 Å². The molecule has 2 heterocycles. The topological polar surface area (TPSA) is 34.1 Å². The molecular formula is C14H18N2OS. The molecular weight excluding hydrogens is 244 g/mol. The van der Waals surface area contributed by atoms with E-state index in [0.29, 0.717) is 13.2 Å². The van der Waals surface area contributed by atoms with E-state index < -0.39 is 0 Å². The van der Waals surface area contributed by atoms with Crippen LogP contribution in [0.25, 0.3) is 0 Å². The van der Waals surface area contributed by atoms with Crippen LogP contribution >= 0.6 is 11.3 Å². The van der Waals surface area contributed by atoms with Crippen LogP contribution in [-0.4, -0.2) is 11.5 Å². The van der Waals surface area contributed by atoms with Crippen LogP contribution in [0.4, 0.5) is 5.82 Å². The van der Waals surface area contributed by atoms with Gasteiger partial charge in [-0.2, -0.15) is 0 Å². The number of thiophene rings is 1. The van der Waals surface area contributed by atoms with Gasteiger partial charge in [0, 0.05) is 17.6 Å². The van der Waals surface area contributed by atoms with Gasteiger partial charge < -0.3 is 10.1 Å². The van der Waals surface area contributed by atoms with Gasteiger partial charge in [-0.15, -0.1) is 11.3 Å². The van der Waals surface area contributed by atoms with Crippen LogP contribution in [-0.2, 0) is 18.0 Å². The van der Waals surface area contributed by atoms with Crippen molar-refractivity contribution in [1.29, 1.82) is 0 Å². The van der Waals surface area contributed by atoms with Gasteiger partial charge in [-0.1, -0.05) is 13.0 Å². The average molecular weight is 262 g/mol. The number of pyridine rings is 1. The van der Waals surface area contributed by atoms with E-state index >= 15 is 0 Å². The number of rotatable bonds is 7. The van der Waals surface area contributed by atoms with E-state index in [1.165, 1.54) is 4.88 Å². The zero-order chi connectivity index (χ0) is 12.6. The number of anilines is 1. The fourth-order valence-corrected chi connectivity index (χ4v) is 2.22. The lowest BCUT2D eigenvalue weighted by Crippen LogP contribution is -2.02. The number of nitrogens with zero attached hydrogens (tertiary/aromatic N) is 1. The fraction of sp³-hybridized carbons (Fsp3) is 0.357. The molecule has 0 atom stereocenters. The van der Waals surface area contributed by atoms with E-state index in [1.54, 1.807) is 11.3 Å². The molecule has 96 valence electrons. The lowest BCUT2D eigenvalue weighted by Gasteiger charge is -2.06. The summed E-state index contributed by atoms with van der Waals surface area (Å²) < 4.78 is 5.68. The fourth-order valence-electron chi connectivity index (χ4n) is 1.58. The first-order valence-corrected chi connectivity index (χ1v) is 7.05. The molecule has 2 rings (SSSR count). The highest BCUT2D eigenvalue weighted by Crippen LogP contribution is 2.12. The minimum Gasteiger partial charge on any atom is -0.371 e. The van der Waals surface area contributed by atoms with E-state index in [-0.39, 0.29) is 0 Å². The Hall–Kier alpha value is -1.39.